The smallest absolute Gasteiger partial charge is 0.261 e. The third-order valence-electron chi connectivity index (χ3n) is 4.13. The van der Waals surface area contributed by atoms with Crippen molar-refractivity contribution in [1.82, 2.24) is 10.2 Å². The summed E-state index contributed by atoms with van der Waals surface area (Å²) in [5, 5.41) is 2.86. The monoisotopic (exact) mass is 510 g/mol. The number of amides is 2. The maximum Gasteiger partial charge on any atom is 0.261 e. The Labute approximate surface area is 182 Å². The highest BCUT2D eigenvalue weighted by atomic mass is 79.9. The van der Waals surface area contributed by atoms with Crippen LogP contribution >= 0.6 is 31.9 Å². The predicted molar refractivity (Wildman–Crippen MR) is 117 cm³/mol. The lowest BCUT2D eigenvalue weighted by Gasteiger charge is -2.28. The zero-order valence-electron chi connectivity index (χ0n) is 16.0. The standard InChI is InChI=1S/C21H24Br2N2O3/c1-3-11-24-21(27)15(2)25(13-16-5-4-6-18(23)12-16)20(26)14-28-19-9-7-17(22)8-10-19/h4-10,12,15H,3,11,13-14H2,1-2H3,(H,24,27)/t15-/m0/s1. The number of ether oxygens (including phenoxy) is 1. The van der Waals surface area contributed by atoms with E-state index in [1.807, 2.05) is 43.3 Å². The van der Waals surface area contributed by atoms with E-state index in [-0.39, 0.29) is 18.4 Å². The Morgan fingerprint density at radius 1 is 1.11 bits per heavy atom. The molecule has 7 heteroatoms. The first-order chi connectivity index (χ1) is 13.4. The number of nitrogens with zero attached hydrogens (tertiary/aromatic N) is 1. The first-order valence-electron chi connectivity index (χ1n) is 9.10. The SMILES string of the molecule is CCCNC(=O)[C@H](C)N(Cc1cccc(Br)c1)C(=O)COc1ccc(Br)cc1. The minimum Gasteiger partial charge on any atom is -0.484 e. The molecular weight excluding hydrogens is 488 g/mol. The summed E-state index contributed by atoms with van der Waals surface area (Å²) in [6, 6.07) is 14.3. The van der Waals surface area contributed by atoms with Crippen molar-refractivity contribution in [1.29, 1.82) is 0 Å². The van der Waals surface area contributed by atoms with E-state index in [4.69, 9.17) is 4.74 Å². The van der Waals surface area contributed by atoms with Crippen LogP contribution in [0.2, 0.25) is 0 Å². The second-order valence-electron chi connectivity index (χ2n) is 6.36. The largest absolute Gasteiger partial charge is 0.484 e. The fourth-order valence-corrected chi connectivity index (χ4v) is 3.28. The maximum atomic E-state index is 12.9. The van der Waals surface area contributed by atoms with Gasteiger partial charge < -0.3 is 15.0 Å². The molecule has 0 aliphatic rings. The normalized spacial score (nSPS) is 11.6. The van der Waals surface area contributed by atoms with Crippen LogP contribution in [0, 0.1) is 0 Å². The van der Waals surface area contributed by atoms with Crippen LogP contribution in [0.5, 0.6) is 5.75 Å². The summed E-state index contributed by atoms with van der Waals surface area (Å²) in [4.78, 5) is 26.9. The van der Waals surface area contributed by atoms with Gasteiger partial charge in [0.25, 0.3) is 5.91 Å². The minimum absolute atomic E-state index is 0.138. The second-order valence-corrected chi connectivity index (χ2v) is 8.19. The summed E-state index contributed by atoms with van der Waals surface area (Å²) < 4.78 is 7.48. The zero-order chi connectivity index (χ0) is 20.5. The van der Waals surface area contributed by atoms with Crippen molar-refractivity contribution >= 4 is 43.7 Å². The molecule has 0 bridgehead atoms. The Hall–Kier alpha value is -1.86. The van der Waals surface area contributed by atoms with Crippen LogP contribution in [0.1, 0.15) is 25.8 Å². The number of carbonyl (C=O) groups excluding carboxylic acids is 2. The predicted octanol–water partition coefficient (Wildman–Crippen LogP) is 4.53. The number of benzene rings is 2. The lowest BCUT2D eigenvalue weighted by atomic mass is 10.1. The van der Waals surface area contributed by atoms with Crippen molar-refractivity contribution < 1.29 is 14.3 Å². The lowest BCUT2D eigenvalue weighted by molar-refractivity contribution is -0.142. The van der Waals surface area contributed by atoms with Crippen molar-refractivity contribution in [2.45, 2.75) is 32.9 Å². The van der Waals surface area contributed by atoms with Gasteiger partial charge in [0.1, 0.15) is 11.8 Å². The molecule has 5 nitrogen and oxygen atoms in total. The summed E-state index contributed by atoms with van der Waals surface area (Å²) in [5.74, 6) is 0.179. The molecule has 2 amide bonds. The average molecular weight is 512 g/mol. The third kappa shape index (κ3) is 6.95. The van der Waals surface area contributed by atoms with Gasteiger partial charge in [0.15, 0.2) is 6.61 Å². The third-order valence-corrected chi connectivity index (χ3v) is 5.16. The van der Waals surface area contributed by atoms with Crippen LogP contribution in [-0.4, -0.2) is 35.9 Å². The molecule has 150 valence electrons. The summed E-state index contributed by atoms with van der Waals surface area (Å²) in [7, 11) is 0. The lowest BCUT2D eigenvalue weighted by Crippen LogP contribution is -2.49. The average Bonchev–Trinajstić information content (AvgIpc) is 2.69. The molecule has 0 spiro atoms. The Morgan fingerprint density at radius 3 is 2.46 bits per heavy atom. The zero-order valence-corrected chi connectivity index (χ0v) is 19.1. The Morgan fingerprint density at radius 2 is 1.82 bits per heavy atom. The topological polar surface area (TPSA) is 58.6 Å². The molecule has 0 aliphatic heterocycles. The summed E-state index contributed by atoms with van der Waals surface area (Å²) >= 11 is 6.81. The number of hydrogen-bond donors (Lipinski definition) is 1. The Balaban J connectivity index is 2.12. The van der Waals surface area contributed by atoms with Gasteiger partial charge in [-0.15, -0.1) is 0 Å². The number of nitrogens with one attached hydrogen (secondary N) is 1. The summed E-state index contributed by atoms with van der Waals surface area (Å²) in [6.07, 6.45) is 0.838. The van der Waals surface area contributed by atoms with E-state index in [2.05, 4.69) is 37.2 Å². The van der Waals surface area contributed by atoms with Gasteiger partial charge in [-0.1, -0.05) is 50.9 Å². The van der Waals surface area contributed by atoms with Crippen molar-refractivity contribution in [3.8, 4) is 5.75 Å². The van der Waals surface area contributed by atoms with Crippen molar-refractivity contribution in [2.24, 2.45) is 0 Å². The molecule has 0 saturated heterocycles. The van der Waals surface area contributed by atoms with E-state index in [1.54, 1.807) is 24.0 Å². The number of halogens is 2. The molecule has 0 fully saturated rings. The molecule has 2 aromatic rings. The van der Waals surface area contributed by atoms with Gasteiger partial charge in [0, 0.05) is 22.0 Å². The number of hydrogen-bond acceptors (Lipinski definition) is 3. The molecule has 0 saturated carbocycles. The van der Waals surface area contributed by atoms with E-state index in [9.17, 15) is 9.59 Å². The molecular formula is C21H24Br2N2O3. The van der Waals surface area contributed by atoms with Crippen LogP contribution < -0.4 is 10.1 Å². The van der Waals surface area contributed by atoms with Gasteiger partial charge in [0.2, 0.25) is 5.91 Å². The van der Waals surface area contributed by atoms with Crippen LogP contribution in [0.4, 0.5) is 0 Å². The number of carbonyl (C=O) groups is 2. The highest BCUT2D eigenvalue weighted by Crippen LogP contribution is 2.18. The van der Waals surface area contributed by atoms with Crippen molar-refractivity contribution in [2.75, 3.05) is 13.2 Å². The highest BCUT2D eigenvalue weighted by molar-refractivity contribution is 9.10. The van der Waals surface area contributed by atoms with Crippen LogP contribution in [0.3, 0.4) is 0 Å². The molecule has 0 aromatic heterocycles. The van der Waals surface area contributed by atoms with Gasteiger partial charge in [-0.3, -0.25) is 9.59 Å². The molecule has 0 radical (unpaired) electrons. The molecule has 0 heterocycles. The van der Waals surface area contributed by atoms with Crippen molar-refractivity contribution in [3.05, 3.63) is 63.0 Å². The maximum absolute atomic E-state index is 12.9. The molecule has 28 heavy (non-hydrogen) atoms. The van der Waals surface area contributed by atoms with Crippen LogP contribution in [-0.2, 0) is 16.1 Å². The number of rotatable bonds is 9. The van der Waals surface area contributed by atoms with Crippen LogP contribution in [0.25, 0.3) is 0 Å². The van der Waals surface area contributed by atoms with E-state index >= 15 is 0 Å². The van der Waals surface area contributed by atoms with E-state index in [0.717, 1.165) is 20.9 Å². The quantitative estimate of drug-likeness (QED) is 0.538. The van der Waals surface area contributed by atoms with Gasteiger partial charge in [-0.05, 0) is 55.3 Å². The molecule has 1 atom stereocenters. The summed E-state index contributed by atoms with van der Waals surface area (Å²) in [5.41, 5.74) is 0.932. The Bertz CT molecular complexity index is 796. The van der Waals surface area contributed by atoms with Gasteiger partial charge in [-0.25, -0.2) is 0 Å². The molecule has 2 rings (SSSR count). The van der Waals surface area contributed by atoms with Crippen molar-refractivity contribution in [3.63, 3.8) is 0 Å². The van der Waals surface area contributed by atoms with E-state index < -0.39 is 6.04 Å². The summed E-state index contributed by atoms with van der Waals surface area (Å²) in [6.45, 7) is 4.49. The molecule has 2 aromatic carbocycles. The first kappa shape index (κ1) is 22.4. The van der Waals surface area contributed by atoms with E-state index in [1.165, 1.54) is 0 Å². The fraction of sp³-hybridized carbons (Fsp3) is 0.333. The first-order valence-corrected chi connectivity index (χ1v) is 10.7. The van der Waals surface area contributed by atoms with E-state index in [0.29, 0.717) is 18.8 Å². The van der Waals surface area contributed by atoms with Gasteiger partial charge in [-0.2, -0.15) is 0 Å². The van der Waals surface area contributed by atoms with Gasteiger partial charge >= 0.3 is 0 Å². The fourth-order valence-electron chi connectivity index (χ4n) is 2.57. The minimum atomic E-state index is -0.605. The molecule has 1 N–H and O–H groups in total. The molecule has 0 aliphatic carbocycles. The van der Waals surface area contributed by atoms with Gasteiger partial charge in [0.05, 0.1) is 0 Å². The highest BCUT2D eigenvalue weighted by Gasteiger charge is 2.26. The second kappa shape index (κ2) is 11.2. The van der Waals surface area contributed by atoms with Crippen LogP contribution in [0.15, 0.2) is 57.5 Å². The molecule has 0 unspecified atom stereocenters. The Kier molecular flexibility index (Phi) is 8.99.